The number of rotatable bonds is 0. The van der Waals surface area contributed by atoms with E-state index in [-0.39, 0.29) is 23.7 Å². The third-order valence-corrected chi connectivity index (χ3v) is 3.37. The van der Waals surface area contributed by atoms with Crippen LogP contribution in [0.25, 0.3) is 0 Å². The normalized spacial score (nSPS) is 45.8. The van der Waals surface area contributed by atoms with Crippen LogP contribution >= 0.6 is 0 Å². The highest BCUT2D eigenvalue weighted by atomic mass is 16.2. The monoisotopic (exact) mass is 178 g/mol. The molecule has 2 amide bonds. The van der Waals surface area contributed by atoms with Crippen molar-refractivity contribution in [3.63, 3.8) is 0 Å². The van der Waals surface area contributed by atoms with E-state index in [2.05, 4.69) is 23.0 Å². The smallest absolute Gasteiger partial charge is 0.242 e. The van der Waals surface area contributed by atoms with Crippen LogP contribution in [0.2, 0.25) is 0 Å². The Bertz CT molecular complexity index is 294. The van der Waals surface area contributed by atoms with Gasteiger partial charge in [-0.15, -0.1) is 0 Å². The minimum absolute atomic E-state index is 0.0264. The van der Waals surface area contributed by atoms with Crippen LogP contribution in [-0.4, -0.2) is 11.8 Å². The van der Waals surface area contributed by atoms with Crippen LogP contribution in [-0.2, 0) is 9.59 Å². The predicted octanol–water partition coefficient (Wildman–Crippen LogP) is -0.414. The highest BCUT2D eigenvalue weighted by Gasteiger charge is 2.53. The number of fused-ring (bicyclic) bond motifs is 5. The fourth-order valence-electron chi connectivity index (χ4n) is 2.83. The summed E-state index contributed by atoms with van der Waals surface area (Å²) in [5, 5.41) is 0. The van der Waals surface area contributed by atoms with E-state index >= 15 is 0 Å². The first-order valence-corrected chi connectivity index (χ1v) is 4.55. The maximum atomic E-state index is 11.5. The highest BCUT2D eigenvalue weighted by Crippen LogP contribution is 2.48. The second kappa shape index (κ2) is 2.13. The van der Waals surface area contributed by atoms with Crippen molar-refractivity contribution in [1.29, 1.82) is 0 Å². The summed E-state index contributed by atoms with van der Waals surface area (Å²) >= 11 is 0. The van der Waals surface area contributed by atoms with Crippen LogP contribution < -0.4 is 10.9 Å². The number of hydrogen-bond donors (Lipinski definition) is 2. The summed E-state index contributed by atoms with van der Waals surface area (Å²) in [5.74, 6) is 0.317. The molecule has 0 aromatic heterocycles. The molecule has 4 heteroatoms. The summed E-state index contributed by atoms with van der Waals surface area (Å²) in [6, 6.07) is 0. The van der Waals surface area contributed by atoms with Crippen molar-refractivity contribution < 1.29 is 9.59 Å². The Balaban J connectivity index is 2.03. The van der Waals surface area contributed by atoms with Gasteiger partial charge in [-0.2, -0.15) is 0 Å². The molecule has 0 aromatic rings. The maximum absolute atomic E-state index is 11.5. The Morgan fingerprint density at radius 3 is 1.92 bits per heavy atom. The van der Waals surface area contributed by atoms with Crippen LogP contribution in [0.1, 0.15) is 6.42 Å². The first kappa shape index (κ1) is 7.12. The van der Waals surface area contributed by atoms with Crippen LogP contribution in [0, 0.1) is 23.7 Å². The SMILES string of the molecule is O=C1NNC(=O)[C@@H]2[C@@H]1[C@H]1C=C[C@H]2C1. The van der Waals surface area contributed by atoms with Crippen molar-refractivity contribution in [2.75, 3.05) is 0 Å². The molecule has 3 rings (SSSR count). The van der Waals surface area contributed by atoms with Crippen molar-refractivity contribution in [3.8, 4) is 0 Å². The van der Waals surface area contributed by atoms with Gasteiger partial charge < -0.3 is 0 Å². The molecule has 1 saturated carbocycles. The Kier molecular flexibility index (Phi) is 1.17. The zero-order valence-electron chi connectivity index (χ0n) is 6.99. The van der Waals surface area contributed by atoms with Crippen molar-refractivity contribution in [2.24, 2.45) is 23.7 Å². The molecule has 1 saturated heterocycles. The molecular weight excluding hydrogens is 168 g/mol. The molecule has 0 unspecified atom stereocenters. The van der Waals surface area contributed by atoms with E-state index in [1.807, 2.05) is 0 Å². The molecule has 68 valence electrons. The molecule has 4 nitrogen and oxygen atoms in total. The zero-order chi connectivity index (χ0) is 9.00. The number of hydrogen-bond acceptors (Lipinski definition) is 2. The van der Waals surface area contributed by atoms with Gasteiger partial charge in [-0.3, -0.25) is 20.4 Å². The van der Waals surface area contributed by atoms with Crippen LogP contribution in [0.3, 0.4) is 0 Å². The third-order valence-electron chi connectivity index (χ3n) is 3.37. The van der Waals surface area contributed by atoms with Gasteiger partial charge in [0.25, 0.3) is 0 Å². The fraction of sp³-hybridized carbons (Fsp3) is 0.556. The maximum Gasteiger partial charge on any atom is 0.242 e. The van der Waals surface area contributed by atoms with Crippen LogP contribution in [0.4, 0.5) is 0 Å². The van der Waals surface area contributed by atoms with E-state index in [4.69, 9.17) is 0 Å². The van der Waals surface area contributed by atoms with Gasteiger partial charge in [0.1, 0.15) is 0 Å². The minimum Gasteiger partial charge on any atom is -0.273 e. The summed E-state index contributed by atoms with van der Waals surface area (Å²) in [6.07, 6.45) is 5.12. The minimum atomic E-state index is -0.108. The Labute approximate surface area is 75.3 Å². The number of carbonyl (C=O) groups excluding carboxylic acids is 2. The van der Waals surface area contributed by atoms with Crippen molar-refractivity contribution in [3.05, 3.63) is 12.2 Å². The van der Waals surface area contributed by atoms with Gasteiger partial charge >= 0.3 is 0 Å². The number of hydrazine groups is 1. The lowest BCUT2D eigenvalue weighted by molar-refractivity contribution is -0.143. The van der Waals surface area contributed by atoms with Crippen LogP contribution in [0.15, 0.2) is 12.2 Å². The van der Waals surface area contributed by atoms with E-state index < -0.39 is 0 Å². The molecule has 0 radical (unpaired) electrons. The van der Waals surface area contributed by atoms with Gasteiger partial charge in [0.15, 0.2) is 0 Å². The van der Waals surface area contributed by atoms with Gasteiger partial charge in [0.05, 0.1) is 11.8 Å². The highest BCUT2D eigenvalue weighted by molar-refractivity contribution is 5.94. The predicted molar refractivity (Wildman–Crippen MR) is 44.0 cm³/mol. The summed E-state index contributed by atoms with van der Waals surface area (Å²) in [6.45, 7) is 0. The van der Waals surface area contributed by atoms with Gasteiger partial charge in [0.2, 0.25) is 11.8 Å². The average Bonchev–Trinajstić information content (AvgIpc) is 2.70. The molecule has 1 heterocycles. The molecule has 2 bridgehead atoms. The van der Waals surface area contributed by atoms with Gasteiger partial charge in [-0.25, -0.2) is 0 Å². The third kappa shape index (κ3) is 0.753. The van der Waals surface area contributed by atoms with E-state index in [1.54, 1.807) is 0 Å². The molecule has 2 fully saturated rings. The molecule has 1 aliphatic heterocycles. The first-order chi connectivity index (χ1) is 6.27. The first-order valence-electron chi connectivity index (χ1n) is 4.55. The molecule has 13 heavy (non-hydrogen) atoms. The molecule has 3 aliphatic rings. The standard InChI is InChI=1S/C9H10N2O2/c12-8-6-4-1-2-5(3-4)7(6)9(13)11-10-8/h1-2,4-7H,3H2,(H,10,12)(H,11,13)/t4-,5-,6-,7-/m0/s1. The van der Waals surface area contributed by atoms with E-state index in [9.17, 15) is 9.59 Å². The van der Waals surface area contributed by atoms with Crippen molar-refractivity contribution >= 4 is 11.8 Å². The van der Waals surface area contributed by atoms with Gasteiger partial charge in [0, 0.05) is 0 Å². The second-order valence-corrected chi connectivity index (χ2v) is 3.98. The summed E-state index contributed by atoms with van der Waals surface area (Å²) in [5.41, 5.74) is 4.83. The Morgan fingerprint density at radius 2 is 1.46 bits per heavy atom. The van der Waals surface area contributed by atoms with Crippen LogP contribution in [0.5, 0.6) is 0 Å². The zero-order valence-corrected chi connectivity index (χ0v) is 6.99. The molecule has 0 spiro atoms. The number of nitrogens with one attached hydrogen (secondary N) is 2. The molecule has 2 aliphatic carbocycles. The van der Waals surface area contributed by atoms with E-state index in [0.29, 0.717) is 11.8 Å². The fourth-order valence-corrected chi connectivity index (χ4v) is 2.83. The lowest BCUT2D eigenvalue weighted by Crippen LogP contribution is -2.57. The largest absolute Gasteiger partial charge is 0.273 e. The second-order valence-electron chi connectivity index (χ2n) is 3.98. The van der Waals surface area contributed by atoms with Crippen molar-refractivity contribution in [1.82, 2.24) is 10.9 Å². The Morgan fingerprint density at radius 1 is 1.00 bits per heavy atom. The van der Waals surface area contributed by atoms with Crippen molar-refractivity contribution in [2.45, 2.75) is 6.42 Å². The quantitative estimate of drug-likeness (QED) is 0.495. The van der Waals surface area contributed by atoms with E-state index in [0.717, 1.165) is 6.42 Å². The Hall–Kier alpha value is -1.32. The molecule has 0 aromatic carbocycles. The molecular formula is C9H10N2O2. The number of amides is 2. The van der Waals surface area contributed by atoms with Gasteiger partial charge in [-0.1, -0.05) is 12.2 Å². The number of carbonyl (C=O) groups is 2. The molecule has 2 N–H and O–H groups in total. The van der Waals surface area contributed by atoms with E-state index in [1.165, 1.54) is 0 Å². The summed E-state index contributed by atoms with van der Waals surface area (Å²) < 4.78 is 0. The number of allylic oxidation sites excluding steroid dienone is 2. The lowest BCUT2D eigenvalue weighted by Gasteiger charge is -2.30. The molecule has 4 atom stereocenters. The summed E-state index contributed by atoms with van der Waals surface area (Å²) in [7, 11) is 0. The topological polar surface area (TPSA) is 58.2 Å². The average molecular weight is 178 g/mol. The van der Waals surface area contributed by atoms with Gasteiger partial charge in [-0.05, 0) is 18.3 Å². The summed E-state index contributed by atoms with van der Waals surface area (Å²) in [4.78, 5) is 22.9. The lowest BCUT2D eigenvalue weighted by atomic mass is 9.81.